The van der Waals surface area contributed by atoms with Crippen molar-refractivity contribution in [2.45, 2.75) is 33.7 Å². The summed E-state index contributed by atoms with van der Waals surface area (Å²) in [4.78, 5) is 26.1. The number of rotatable bonds is 4. The fourth-order valence-electron chi connectivity index (χ4n) is 1.66. The van der Waals surface area contributed by atoms with E-state index < -0.39 is 0 Å². The normalized spacial score (nSPS) is 28.1. The number of ether oxygens (including phenoxy) is 1. The van der Waals surface area contributed by atoms with Gasteiger partial charge in [0.25, 0.3) is 0 Å². The zero-order valence-corrected chi connectivity index (χ0v) is 9.56. The molecule has 1 aliphatic carbocycles. The van der Waals surface area contributed by atoms with Gasteiger partial charge < -0.3 is 9.53 Å². The third kappa shape index (κ3) is 2.43. The van der Waals surface area contributed by atoms with Gasteiger partial charge in [-0.05, 0) is 19.3 Å². The zero-order chi connectivity index (χ0) is 11.6. The third-order valence-corrected chi connectivity index (χ3v) is 2.84. The van der Waals surface area contributed by atoms with Crippen LogP contribution in [0.4, 0.5) is 0 Å². The molecule has 0 saturated heterocycles. The predicted molar refractivity (Wildman–Crippen MR) is 56.5 cm³/mol. The Hall–Kier alpha value is -1.19. The van der Waals surface area contributed by atoms with Crippen LogP contribution in [0.25, 0.3) is 0 Å². The first-order chi connectivity index (χ1) is 6.91. The topological polar surface area (TPSA) is 55.7 Å². The van der Waals surface area contributed by atoms with Gasteiger partial charge in [-0.3, -0.25) is 9.79 Å². The second-order valence-electron chi connectivity index (χ2n) is 4.75. The third-order valence-electron chi connectivity index (χ3n) is 2.84. The van der Waals surface area contributed by atoms with E-state index in [2.05, 4.69) is 4.99 Å². The first kappa shape index (κ1) is 11.9. The van der Waals surface area contributed by atoms with Gasteiger partial charge >= 0.3 is 5.97 Å². The molecule has 2 atom stereocenters. The van der Waals surface area contributed by atoms with E-state index in [9.17, 15) is 9.59 Å². The van der Waals surface area contributed by atoms with Crippen molar-refractivity contribution < 1.29 is 14.3 Å². The summed E-state index contributed by atoms with van der Waals surface area (Å²) >= 11 is 0. The van der Waals surface area contributed by atoms with Crippen molar-refractivity contribution in [1.82, 2.24) is 0 Å². The molecule has 4 heteroatoms. The Kier molecular flexibility index (Phi) is 3.27. The van der Waals surface area contributed by atoms with Crippen molar-refractivity contribution in [3.05, 3.63) is 0 Å². The number of esters is 1. The molecule has 0 aromatic carbocycles. The second kappa shape index (κ2) is 4.13. The average molecular weight is 211 g/mol. The Labute approximate surface area is 89.7 Å². The Morgan fingerprint density at radius 2 is 2.07 bits per heavy atom. The maximum Gasteiger partial charge on any atom is 0.316 e. The van der Waals surface area contributed by atoms with Crippen LogP contribution in [0.2, 0.25) is 0 Å². The standard InChI is InChI=1S/C11H17NO3/c1-7(2)12-6-15-10(14)9-8(5-13)11(9,3)4/h5-9H,1-4H3/b12-6+. The molecule has 0 aliphatic heterocycles. The fraction of sp³-hybridized carbons (Fsp3) is 0.727. The number of hydrogen-bond donors (Lipinski definition) is 0. The summed E-state index contributed by atoms with van der Waals surface area (Å²) < 4.78 is 4.85. The summed E-state index contributed by atoms with van der Waals surface area (Å²) in [6, 6.07) is 0.104. The minimum atomic E-state index is -0.360. The lowest BCUT2D eigenvalue weighted by molar-refractivity contribution is -0.138. The molecular formula is C11H17NO3. The molecule has 0 amide bonds. The Morgan fingerprint density at radius 1 is 1.47 bits per heavy atom. The van der Waals surface area contributed by atoms with E-state index in [0.717, 1.165) is 6.29 Å². The van der Waals surface area contributed by atoms with Crippen LogP contribution < -0.4 is 0 Å². The molecule has 1 rings (SSSR count). The van der Waals surface area contributed by atoms with Crippen LogP contribution in [-0.2, 0) is 14.3 Å². The van der Waals surface area contributed by atoms with E-state index in [-0.39, 0.29) is 29.3 Å². The predicted octanol–water partition coefficient (Wildman–Crippen LogP) is 1.44. The lowest BCUT2D eigenvalue weighted by atomic mass is 10.1. The van der Waals surface area contributed by atoms with Gasteiger partial charge in [0.05, 0.1) is 5.92 Å². The van der Waals surface area contributed by atoms with Crippen LogP contribution in [0, 0.1) is 17.3 Å². The summed E-state index contributed by atoms with van der Waals surface area (Å²) in [5.41, 5.74) is -0.259. The highest BCUT2D eigenvalue weighted by Gasteiger charge is 2.62. The molecule has 15 heavy (non-hydrogen) atoms. The fourth-order valence-corrected chi connectivity index (χ4v) is 1.66. The molecule has 1 fully saturated rings. The molecule has 0 N–H and O–H groups in total. The molecule has 1 saturated carbocycles. The van der Waals surface area contributed by atoms with Gasteiger partial charge in [0, 0.05) is 12.0 Å². The Balaban J connectivity index is 2.47. The lowest BCUT2D eigenvalue weighted by Crippen LogP contribution is -2.10. The van der Waals surface area contributed by atoms with E-state index in [0.29, 0.717) is 0 Å². The highest BCUT2D eigenvalue weighted by Crippen LogP contribution is 2.57. The van der Waals surface area contributed by atoms with Crippen LogP contribution >= 0.6 is 0 Å². The quantitative estimate of drug-likeness (QED) is 0.306. The molecule has 0 aromatic rings. The van der Waals surface area contributed by atoms with Gasteiger partial charge in [0.15, 0.2) is 6.40 Å². The Morgan fingerprint density at radius 3 is 2.47 bits per heavy atom. The largest absolute Gasteiger partial charge is 0.415 e. The van der Waals surface area contributed by atoms with E-state index in [1.54, 1.807) is 0 Å². The van der Waals surface area contributed by atoms with Crippen molar-refractivity contribution in [3.63, 3.8) is 0 Å². The highest BCUT2D eigenvalue weighted by molar-refractivity contribution is 5.88. The monoisotopic (exact) mass is 211 g/mol. The van der Waals surface area contributed by atoms with E-state index in [1.165, 1.54) is 6.40 Å². The van der Waals surface area contributed by atoms with Crippen LogP contribution in [0.5, 0.6) is 0 Å². The molecule has 0 bridgehead atoms. The van der Waals surface area contributed by atoms with Crippen molar-refractivity contribution in [3.8, 4) is 0 Å². The molecule has 0 radical (unpaired) electrons. The SMILES string of the molecule is CC(C)/N=C/OC(=O)C1C(C=O)C1(C)C. The van der Waals surface area contributed by atoms with Gasteiger partial charge in [-0.25, -0.2) is 0 Å². The number of aldehydes is 1. The number of hydrogen-bond acceptors (Lipinski definition) is 4. The zero-order valence-electron chi connectivity index (χ0n) is 9.56. The maximum atomic E-state index is 11.5. The van der Waals surface area contributed by atoms with Crippen molar-refractivity contribution >= 4 is 18.7 Å². The van der Waals surface area contributed by atoms with Crippen LogP contribution in [0.1, 0.15) is 27.7 Å². The first-order valence-electron chi connectivity index (χ1n) is 5.08. The summed E-state index contributed by atoms with van der Waals surface area (Å²) in [6.45, 7) is 7.55. The van der Waals surface area contributed by atoms with Crippen molar-refractivity contribution in [2.24, 2.45) is 22.2 Å². The number of nitrogens with zero attached hydrogens (tertiary/aromatic N) is 1. The average Bonchev–Trinajstić information content (AvgIpc) is 2.67. The molecule has 2 unspecified atom stereocenters. The molecule has 0 spiro atoms. The summed E-state index contributed by atoms with van der Waals surface area (Å²) in [7, 11) is 0. The molecule has 84 valence electrons. The van der Waals surface area contributed by atoms with E-state index >= 15 is 0 Å². The van der Waals surface area contributed by atoms with Crippen LogP contribution in [0.15, 0.2) is 4.99 Å². The molecule has 0 aromatic heterocycles. The Bertz CT molecular complexity index is 294. The summed E-state index contributed by atoms with van der Waals surface area (Å²) in [5.74, 6) is -0.882. The first-order valence-corrected chi connectivity index (χ1v) is 5.08. The van der Waals surface area contributed by atoms with E-state index in [1.807, 2.05) is 27.7 Å². The maximum absolute atomic E-state index is 11.5. The van der Waals surface area contributed by atoms with Gasteiger partial charge in [0.1, 0.15) is 6.29 Å². The van der Waals surface area contributed by atoms with Crippen LogP contribution in [-0.4, -0.2) is 24.7 Å². The molecular weight excluding hydrogens is 194 g/mol. The van der Waals surface area contributed by atoms with Crippen molar-refractivity contribution in [1.29, 1.82) is 0 Å². The van der Waals surface area contributed by atoms with E-state index in [4.69, 9.17) is 4.74 Å². The van der Waals surface area contributed by atoms with Crippen LogP contribution in [0.3, 0.4) is 0 Å². The molecule has 1 aliphatic rings. The number of aliphatic imine (C=N–C) groups is 1. The number of carbonyl (C=O) groups is 2. The molecule has 4 nitrogen and oxygen atoms in total. The lowest BCUT2D eigenvalue weighted by Gasteiger charge is -2.00. The van der Waals surface area contributed by atoms with Gasteiger partial charge in [-0.15, -0.1) is 0 Å². The van der Waals surface area contributed by atoms with Gasteiger partial charge in [-0.2, -0.15) is 0 Å². The summed E-state index contributed by atoms with van der Waals surface area (Å²) in [6.07, 6.45) is 1.99. The van der Waals surface area contributed by atoms with Crippen molar-refractivity contribution in [2.75, 3.05) is 0 Å². The highest BCUT2D eigenvalue weighted by atomic mass is 16.5. The van der Waals surface area contributed by atoms with Gasteiger partial charge in [0.2, 0.25) is 0 Å². The summed E-state index contributed by atoms with van der Waals surface area (Å²) in [5, 5.41) is 0. The minimum Gasteiger partial charge on any atom is -0.415 e. The number of carbonyl (C=O) groups excluding carboxylic acids is 2. The smallest absolute Gasteiger partial charge is 0.316 e. The van der Waals surface area contributed by atoms with Gasteiger partial charge in [-0.1, -0.05) is 13.8 Å². The minimum absolute atomic E-state index is 0.104. The molecule has 0 heterocycles. The second-order valence-corrected chi connectivity index (χ2v) is 4.75.